The lowest BCUT2D eigenvalue weighted by Gasteiger charge is -2.51. The van der Waals surface area contributed by atoms with Crippen LogP contribution in [0.15, 0.2) is 42.5 Å². The molecule has 2 aliphatic heterocycles. The van der Waals surface area contributed by atoms with Gasteiger partial charge in [0.25, 0.3) is 0 Å². The number of likely N-dealkylation sites (tertiary alicyclic amines) is 1. The number of aliphatic hydroxyl groups is 1. The van der Waals surface area contributed by atoms with Crippen molar-refractivity contribution in [2.75, 3.05) is 19.6 Å². The average molecular weight is 525 g/mol. The number of rotatable bonds is 5. The van der Waals surface area contributed by atoms with Crippen molar-refractivity contribution in [2.24, 2.45) is 0 Å². The summed E-state index contributed by atoms with van der Waals surface area (Å²) in [6, 6.07) is 11.8. The Kier molecular flexibility index (Phi) is 7.07. The van der Waals surface area contributed by atoms with Crippen LogP contribution in [0.1, 0.15) is 61.3 Å². The van der Waals surface area contributed by atoms with Crippen molar-refractivity contribution in [1.29, 1.82) is 5.26 Å². The van der Waals surface area contributed by atoms with Crippen molar-refractivity contribution in [3.05, 3.63) is 70.8 Å². The van der Waals surface area contributed by atoms with E-state index in [9.17, 15) is 28.7 Å². The summed E-state index contributed by atoms with van der Waals surface area (Å²) in [7, 11) is 0. The molecule has 8 nitrogen and oxygen atoms in total. The van der Waals surface area contributed by atoms with Crippen LogP contribution in [-0.2, 0) is 4.74 Å². The van der Waals surface area contributed by atoms with Gasteiger partial charge in [0.05, 0.1) is 18.2 Å². The molecule has 200 valence electrons. The molecule has 2 unspecified atom stereocenters. The summed E-state index contributed by atoms with van der Waals surface area (Å²) in [6.07, 6.45) is 2.21. The number of hydrogen-bond acceptors (Lipinski definition) is 6. The molecule has 2 aromatic rings. The number of carbonyl (C=O) groups excluding carboxylic acids is 2. The normalized spacial score (nSPS) is 26.8. The maximum Gasteiger partial charge on any atom is 0.419 e. The molecule has 0 radical (unpaired) electrons. The van der Waals surface area contributed by atoms with E-state index >= 15 is 0 Å². The zero-order valence-corrected chi connectivity index (χ0v) is 21.1. The van der Waals surface area contributed by atoms with Crippen molar-refractivity contribution in [1.82, 2.24) is 15.1 Å². The van der Waals surface area contributed by atoms with Gasteiger partial charge in [0.1, 0.15) is 17.7 Å². The zero-order valence-electron chi connectivity index (χ0n) is 21.1. The van der Waals surface area contributed by atoms with Gasteiger partial charge in [0, 0.05) is 19.1 Å². The highest BCUT2D eigenvalue weighted by atomic mass is 19.2. The van der Waals surface area contributed by atoms with Gasteiger partial charge < -0.3 is 15.2 Å². The second-order valence-corrected chi connectivity index (χ2v) is 10.6. The summed E-state index contributed by atoms with van der Waals surface area (Å²) in [5, 5.41) is 23.0. The quantitative estimate of drug-likeness (QED) is 0.607. The standard InChI is InChI=1S/C28H30F2N4O4/c1-17-25(19-8-11-23(29)24(30)12-19)34(27(36)38-17)26(35)32-14-28(37)15-33(16-28)21-9-6-18(7-10-21)22-5-3-2-4-20(22)13-31/h2-5,8,11-12,17-18,21,25,37H,6-7,9-10,14-16H2,1H3,(H,32,35). The minimum atomic E-state index is -1.13. The fourth-order valence-electron chi connectivity index (χ4n) is 6.04. The molecule has 5 rings (SSSR count). The lowest BCUT2D eigenvalue weighted by atomic mass is 9.78. The fourth-order valence-corrected chi connectivity index (χ4v) is 6.04. The first-order valence-corrected chi connectivity index (χ1v) is 12.9. The number of amides is 3. The SMILES string of the molecule is CC1OC(=O)N(C(=O)NCC2(O)CN(C3CCC(c4ccccc4C#N)CC3)C2)C1c1ccc(F)c(F)c1. The molecule has 3 amide bonds. The first-order chi connectivity index (χ1) is 18.2. The van der Waals surface area contributed by atoms with Crippen LogP contribution in [0.2, 0.25) is 0 Å². The van der Waals surface area contributed by atoms with Crippen molar-refractivity contribution in [3.8, 4) is 6.07 Å². The number of benzene rings is 2. The Bertz CT molecular complexity index is 1270. The summed E-state index contributed by atoms with van der Waals surface area (Å²) < 4.78 is 32.4. The van der Waals surface area contributed by atoms with Crippen LogP contribution >= 0.6 is 0 Å². The number of carbonyl (C=O) groups is 2. The Morgan fingerprint density at radius 1 is 1.16 bits per heavy atom. The first-order valence-electron chi connectivity index (χ1n) is 12.9. The van der Waals surface area contributed by atoms with Gasteiger partial charge in [-0.25, -0.2) is 23.3 Å². The van der Waals surface area contributed by atoms with E-state index in [2.05, 4.69) is 16.3 Å². The van der Waals surface area contributed by atoms with Gasteiger partial charge in [-0.05, 0) is 67.9 Å². The molecule has 3 fully saturated rings. The number of hydrogen-bond donors (Lipinski definition) is 2. The minimum Gasteiger partial charge on any atom is -0.443 e. The molecule has 2 aromatic carbocycles. The third kappa shape index (κ3) is 4.96. The van der Waals surface area contributed by atoms with E-state index in [1.54, 1.807) is 6.92 Å². The third-order valence-corrected chi connectivity index (χ3v) is 8.01. The van der Waals surface area contributed by atoms with Crippen LogP contribution in [0.4, 0.5) is 18.4 Å². The van der Waals surface area contributed by atoms with E-state index in [-0.39, 0.29) is 12.1 Å². The summed E-state index contributed by atoms with van der Waals surface area (Å²) >= 11 is 0. The first kappa shape index (κ1) is 26.1. The Hall–Kier alpha value is -3.55. The molecule has 0 aromatic heterocycles. The summed E-state index contributed by atoms with van der Waals surface area (Å²) in [6.45, 7) is 2.30. The van der Waals surface area contributed by atoms with Gasteiger partial charge in [-0.2, -0.15) is 5.26 Å². The zero-order chi connectivity index (χ0) is 27.0. The van der Waals surface area contributed by atoms with E-state index in [1.807, 2.05) is 24.3 Å². The molecule has 2 saturated heterocycles. The average Bonchev–Trinajstić information content (AvgIpc) is 3.20. The fraction of sp³-hybridized carbons (Fsp3) is 0.464. The van der Waals surface area contributed by atoms with E-state index in [0.29, 0.717) is 25.0 Å². The lowest BCUT2D eigenvalue weighted by molar-refractivity contribution is -0.116. The Labute approximate surface area is 219 Å². The maximum atomic E-state index is 13.8. The molecule has 0 spiro atoms. The number of ether oxygens (including phenoxy) is 1. The van der Waals surface area contributed by atoms with Gasteiger partial charge in [0.2, 0.25) is 0 Å². The number of halogens is 2. The maximum absolute atomic E-state index is 13.8. The van der Waals surface area contributed by atoms with Crippen LogP contribution in [0.5, 0.6) is 0 Å². The number of urea groups is 1. The molecule has 10 heteroatoms. The number of nitriles is 1. The second-order valence-electron chi connectivity index (χ2n) is 10.6. The summed E-state index contributed by atoms with van der Waals surface area (Å²) in [4.78, 5) is 28.4. The number of nitrogens with zero attached hydrogens (tertiary/aromatic N) is 3. The highest BCUT2D eigenvalue weighted by Crippen LogP contribution is 2.39. The molecule has 2 atom stereocenters. The molecule has 1 aliphatic carbocycles. The van der Waals surface area contributed by atoms with Crippen molar-refractivity contribution < 1.29 is 28.2 Å². The van der Waals surface area contributed by atoms with Crippen molar-refractivity contribution in [3.63, 3.8) is 0 Å². The monoisotopic (exact) mass is 524 g/mol. The number of nitrogens with one attached hydrogen (secondary N) is 1. The van der Waals surface area contributed by atoms with E-state index in [4.69, 9.17) is 4.74 Å². The highest BCUT2D eigenvalue weighted by Gasteiger charge is 2.48. The largest absolute Gasteiger partial charge is 0.443 e. The summed E-state index contributed by atoms with van der Waals surface area (Å²) in [5.74, 6) is -1.76. The molecule has 2 N–H and O–H groups in total. The van der Waals surface area contributed by atoms with Gasteiger partial charge in [-0.1, -0.05) is 24.3 Å². The molecule has 0 bridgehead atoms. The van der Waals surface area contributed by atoms with Crippen molar-refractivity contribution in [2.45, 2.75) is 62.3 Å². The highest BCUT2D eigenvalue weighted by molar-refractivity contribution is 5.93. The molecule has 3 aliphatic rings. The predicted octanol–water partition coefficient (Wildman–Crippen LogP) is 4.20. The van der Waals surface area contributed by atoms with E-state index < -0.39 is 41.5 Å². The van der Waals surface area contributed by atoms with Gasteiger partial charge in [0.15, 0.2) is 11.6 Å². The molecule has 2 heterocycles. The Morgan fingerprint density at radius 3 is 2.55 bits per heavy atom. The van der Waals surface area contributed by atoms with Crippen LogP contribution in [0.3, 0.4) is 0 Å². The van der Waals surface area contributed by atoms with Crippen LogP contribution in [0.25, 0.3) is 0 Å². The van der Waals surface area contributed by atoms with Crippen molar-refractivity contribution >= 4 is 12.1 Å². The van der Waals surface area contributed by atoms with Gasteiger partial charge >= 0.3 is 12.1 Å². The predicted molar refractivity (Wildman–Crippen MR) is 133 cm³/mol. The third-order valence-electron chi connectivity index (χ3n) is 8.01. The second kappa shape index (κ2) is 10.3. The molecular formula is C28H30F2N4O4. The number of imide groups is 1. The topological polar surface area (TPSA) is 106 Å². The molecular weight excluding hydrogens is 494 g/mol. The molecule has 38 heavy (non-hydrogen) atoms. The Balaban J connectivity index is 1.14. The summed E-state index contributed by atoms with van der Waals surface area (Å²) in [5.41, 5.74) is 0.937. The minimum absolute atomic E-state index is 0.0596. The van der Waals surface area contributed by atoms with E-state index in [1.165, 1.54) is 6.07 Å². The Morgan fingerprint density at radius 2 is 1.87 bits per heavy atom. The van der Waals surface area contributed by atoms with Gasteiger partial charge in [-0.15, -0.1) is 0 Å². The van der Waals surface area contributed by atoms with Crippen LogP contribution in [0, 0.1) is 23.0 Å². The van der Waals surface area contributed by atoms with Gasteiger partial charge in [-0.3, -0.25) is 4.90 Å². The van der Waals surface area contributed by atoms with E-state index in [0.717, 1.165) is 53.8 Å². The molecule has 1 saturated carbocycles. The van der Waals surface area contributed by atoms with Crippen LogP contribution < -0.4 is 5.32 Å². The lowest BCUT2D eigenvalue weighted by Crippen LogP contribution is -2.69. The van der Waals surface area contributed by atoms with Crippen LogP contribution in [-0.4, -0.2) is 64.4 Å². The smallest absolute Gasteiger partial charge is 0.419 e. The number of cyclic esters (lactones) is 1. The number of β-amino-alcohol motifs (C(OH)–C–C–N with tert-alkyl or cyclic N) is 1.